The van der Waals surface area contributed by atoms with Gasteiger partial charge in [-0.25, -0.2) is 0 Å². The first-order valence-electron chi connectivity index (χ1n) is 12.3. The van der Waals surface area contributed by atoms with E-state index in [1.165, 1.54) is 20.3 Å². The Morgan fingerprint density at radius 2 is 1.47 bits per heavy atom. The molecular formula is C30H42O5Si. The second-order valence-corrected chi connectivity index (χ2v) is 15.3. The zero-order chi connectivity index (χ0) is 27.5. The van der Waals surface area contributed by atoms with Gasteiger partial charge in [0, 0.05) is 6.42 Å². The van der Waals surface area contributed by atoms with Crippen LogP contribution in [0.2, 0.25) is 16.6 Å². The van der Waals surface area contributed by atoms with E-state index in [-0.39, 0.29) is 23.0 Å². The molecule has 1 aromatic rings. The van der Waals surface area contributed by atoms with Gasteiger partial charge in [0.05, 0.1) is 14.2 Å². The minimum absolute atomic E-state index is 0.134. The molecule has 0 bridgehead atoms. The summed E-state index contributed by atoms with van der Waals surface area (Å²) in [5, 5.41) is 0. The summed E-state index contributed by atoms with van der Waals surface area (Å²) >= 11 is 0. The molecule has 0 atom stereocenters. The highest BCUT2D eigenvalue weighted by atomic mass is 28.4. The van der Waals surface area contributed by atoms with Gasteiger partial charge < -0.3 is 13.9 Å². The van der Waals surface area contributed by atoms with Gasteiger partial charge in [-0.1, -0.05) is 96.4 Å². The summed E-state index contributed by atoms with van der Waals surface area (Å²) in [7, 11) is 0.0500. The minimum Gasteiger partial charge on any atom is -0.543 e. The van der Waals surface area contributed by atoms with Gasteiger partial charge in [-0.05, 0) is 46.8 Å². The van der Waals surface area contributed by atoms with Gasteiger partial charge in [0.2, 0.25) is 0 Å². The Morgan fingerprint density at radius 1 is 0.972 bits per heavy atom. The molecular weight excluding hydrogens is 468 g/mol. The highest BCUT2D eigenvalue weighted by molar-refractivity contribution is 6.77. The van der Waals surface area contributed by atoms with Gasteiger partial charge in [-0.3, -0.25) is 9.59 Å². The Bertz CT molecular complexity index is 985. The van der Waals surface area contributed by atoms with Crippen molar-refractivity contribution in [3.63, 3.8) is 0 Å². The van der Waals surface area contributed by atoms with Gasteiger partial charge in [0.1, 0.15) is 5.76 Å². The molecule has 0 fully saturated rings. The fraction of sp³-hybridized carbons (Fsp3) is 0.467. The van der Waals surface area contributed by atoms with E-state index in [1.807, 2.05) is 42.5 Å². The predicted octanol–water partition coefficient (Wildman–Crippen LogP) is 7.08. The van der Waals surface area contributed by atoms with E-state index in [1.54, 1.807) is 6.92 Å². The van der Waals surface area contributed by atoms with Crippen LogP contribution in [0.25, 0.3) is 6.08 Å². The number of carbonyl (C=O) groups is 2. The van der Waals surface area contributed by atoms with Crippen molar-refractivity contribution in [2.24, 2.45) is 5.41 Å². The van der Waals surface area contributed by atoms with Crippen molar-refractivity contribution in [3.05, 3.63) is 66.0 Å². The van der Waals surface area contributed by atoms with Crippen LogP contribution in [0.3, 0.4) is 0 Å². The molecule has 0 amide bonds. The number of rotatable bonds is 11. The summed E-state index contributed by atoms with van der Waals surface area (Å²) in [6.45, 7) is 18.6. The molecule has 36 heavy (non-hydrogen) atoms. The van der Waals surface area contributed by atoms with Crippen LogP contribution in [0.1, 0.15) is 60.5 Å². The van der Waals surface area contributed by atoms with E-state index in [2.05, 4.69) is 60.0 Å². The van der Waals surface area contributed by atoms with Crippen LogP contribution in [-0.2, 0) is 23.5 Å². The third kappa shape index (κ3) is 7.48. The third-order valence-corrected chi connectivity index (χ3v) is 12.4. The summed E-state index contributed by atoms with van der Waals surface area (Å²) in [5.41, 5.74) is 0.614. The zero-order valence-corrected chi connectivity index (χ0v) is 24.3. The van der Waals surface area contributed by atoms with Crippen molar-refractivity contribution in [1.29, 1.82) is 0 Å². The highest BCUT2D eigenvalue weighted by Crippen LogP contribution is 2.44. The number of esters is 2. The van der Waals surface area contributed by atoms with Crippen molar-refractivity contribution < 1.29 is 23.5 Å². The van der Waals surface area contributed by atoms with Crippen molar-refractivity contribution in [2.45, 2.75) is 71.5 Å². The largest absolute Gasteiger partial charge is 0.543 e. The minimum atomic E-state index is -2.44. The lowest BCUT2D eigenvalue weighted by Crippen LogP contribution is -2.48. The van der Waals surface area contributed by atoms with Crippen molar-refractivity contribution in [2.75, 3.05) is 14.2 Å². The van der Waals surface area contributed by atoms with Crippen molar-refractivity contribution in [3.8, 4) is 11.8 Å². The molecule has 0 aromatic heterocycles. The Morgan fingerprint density at radius 3 is 1.89 bits per heavy atom. The number of allylic oxidation sites excluding steroid dienone is 2. The Balaban J connectivity index is 3.92. The summed E-state index contributed by atoms with van der Waals surface area (Å²) in [5.74, 6) is 4.66. The lowest BCUT2D eigenvalue weighted by molar-refractivity contribution is -0.164. The SMILES string of the molecule is C=C(C)C#CCC(/C=C(/C=C/c1ccccc1)O[Si](C(C)C)(C(C)C)C(C)C)(C(=O)OC)C(=O)OC. The molecule has 0 unspecified atom stereocenters. The zero-order valence-electron chi connectivity index (χ0n) is 23.3. The lowest BCUT2D eigenvalue weighted by atomic mass is 9.83. The first kappa shape index (κ1) is 31.0. The molecule has 0 spiro atoms. The third-order valence-electron chi connectivity index (χ3n) is 6.40. The molecule has 0 radical (unpaired) electrons. The summed E-state index contributed by atoms with van der Waals surface area (Å²) < 4.78 is 17.1. The van der Waals surface area contributed by atoms with Gasteiger partial charge in [-0.15, -0.1) is 0 Å². The van der Waals surface area contributed by atoms with Crippen LogP contribution < -0.4 is 0 Å². The summed E-state index contributed by atoms with van der Waals surface area (Å²) in [4.78, 5) is 26.3. The fourth-order valence-corrected chi connectivity index (χ4v) is 9.99. The molecule has 1 rings (SSSR count). The molecule has 0 N–H and O–H groups in total. The molecule has 0 aliphatic heterocycles. The maximum absolute atomic E-state index is 13.2. The van der Waals surface area contributed by atoms with Crippen LogP contribution in [-0.4, -0.2) is 34.5 Å². The first-order valence-corrected chi connectivity index (χ1v) is 14.5. The van der Waals surface area contributed by atoms with E-state index in [9.17, 15) is 9.59 Å². The summed E-state index contributed by atoms with van der Waals surface area (Å²) in [6.07, 6.45) is 5.12. The van der Waals surface area contributed by atoms with Gasteiger partial charge in [-0.2, -0.15) is 0 Å². The van der Waals surface area contributed by atoms with E-state index < -0.39 is 25.7 Å². The molecule has 1 aromatic carbocycles. The van der Waals surface area contributed by atoms with Crippen LogP contribution in [0, 0.1) is 17.3 Å². The standard InChI is InChI=1S/C30H42O5Si/c1-22(2)15-14-20-30(28(31)33-9,29(32)34-10)21-27(19-18-26-16-12-11-13-17-26)35-36(23(3)4,24(5)6)25(7)8/h11-13,16-19,21,23-25H,1,20H2,2-10H3/b19-18+,27-21-. The lowest BCUT2D eigenvalue weighted by Gasteiger charge is -2.43. The van der Waals surface area contributed by atoms with Gasteiger partial charge in [0.25, 0.3) is 8.32 Å². The summed E-state index contributed by atoms with van der Waals surface area (Å²) in [6, 6.07) is 9.77. The Kier molecular flexibility index (Phi) is 12.0. The molecule has 6 heteroatoms. The second-order valence-electron chi connectivity index (χ2n) is 9.92. The van der Waals surface area contributed by atoms with E-state index in [0.29, 0.717) is 11.3 Å². The number of carbonyl (C=O) groups excluding carboxylic acids is 2. The fourth-order valence-electron chi connectivity index (χ4n) is 4.75. The van der Waals surface area contributed by atoms with Crippen molar-refractivity contribution >= 4 is 26.3 Å². The molecule has 0 aliphatic carbocycles. The van der Waals surface area contributed by atoms with E-state index in [4.69, 9.17) is 13.9 Å². The topological polar surface area (TPSA) is 61.8 Å². The molecule has 0 aliphatic rings. The number of benzene rings is 1. The second kappa shape index (κ2) is 13.9. The number of ether oxygens (including phenoxy) is 2. The van der Waals surface area contributed by atoms with Crippen LogP contribution >= 0.6 is 0 Å². The normalized spacial score (nSPS) is 12.5. The van der Waals surface area contributed by atoms with E-state index >= 15 is 0 Å². The highest BCUT2D eigenvalue weighted by Gasteiger charge is 2.50. The number of hydrogen-bond acceptors (Lipinski definition) is 5. The van der Waals surface area contributed by atoms with Gasteiger partial charge >= 0.3 is 11.9 Å². The number of hydrogen-bond donors (Lipinski definition) is 0. The van der Waals surface area contributed by atoms with Crippen LogP contribution in [0.4, 0.5) is 0 Å². The van der Waals surface area contributed by atoms with Crippen molar-refractivity contribution in [1.82, 2.24) is 0 Å². The molecule has 0 saturated heterocycles. The van der Waals surface area contributed by atoms with Crippen LogP contribution in [0.15, 0.2) is 60.4 Å². The quantitative estimate of drug-likeness (QED) is 0.0795. The smallest absolute Gasteiger partial charge is 0.328 e. The first-order chi connectivity index (χ1) is 16.9. The Hall–Kier alpha value is -3.04. The molecule has 0 heterocycles. The average Bonchev–Trinajstić information content (AvgIpc) is 2.83. The molecule has 196 valence electrons. The predicted molar refractivity (Wildman–Crippen MR) is 149 cm³/mol. The van der Waals surface area contributed by atoms with E-state index in [0.717, 1.165) is 5.56 Å². The number of methoxy groups -OCH3 is 2. The van der Waals surface area contributed by atoms with Crippen LogP contribution in [0.5, 0.6) is 0 Å². The molecule has 0 saturated carbocycles. The molecule has 5 nitrogen and oxygen atoms in total. The Labute approximate surface area is 218 Å². The average molecular weight is 511 g/mol. The monoisotopic (exact) mass is 510 g/mol. The maximum atomic E-state index is 13.2. The van der Waals surface area contributed by atoms with Gasteiger partial charge in [0.15, 0.2) is 5.41 Å². The maximum Gasteiger partial charge on any atom is 0.328 e.